The van der Waals surface area contributed by atoms with E-state index in [1.807, 2.05) is 67.3 Å². The first-order valence-electron chi connectivity index (χ1n) is 21.2. The van der Waals surface area contributed by atoms with Gasteiger partial charge in [0.2, 0.25) is 11.8 Å². The van der Waals surface area contributed by atoms with Crippen molar-refractivity contribution in [1.29, 1.82) is 0 Å². The predicted octanol–water partition coefficient (Wildman–Crippen LogP) is 6.97. The molecular weight excluding hydrogens is 800 g/mol. The van der Waals surface area contributed by atoms with E-state index in [1.165, 1.54) is 11.3 Å². The summed E-state index contributed by atoms with van der Waals surface area (Å²) in [5.41, 5.74) is 2.92. The molecule has 5 heterocycles. The van der Waals surface area contributed by atoms with Crippen molar-refractivity contribution < 1.29 is 33.0 Å². The molecule has 3 aliphatic heterocycles. The first-order valence-corrected chi connectivity index (χ1v) is 23.9. The molecule has 15 heteroatoms. The van der Waals surface area contributed by atoms with Crippen molar-refractivity contribution in [2.24, 2.45) is 11.8 Å². The Morgan fingerprint density at radius 2 is 1.77 bits per heavy atom. The number of hydrogen-bond donors (Lipinski definition) is 2. The van der Waals surface area contributed by atoms with Crippen LogP contribution in [0.15, 0.2) is 73.1 Å². The monoisotopic (exact) mass is 854 g/mol. The second-order valence-corrected chi connectivity index (χ2v) is 20.3. The first-order chi connectivity index (χ1) is 28.9. The Labute approximate surface area is 355 Å². The van der Waals surface area contributed by atoms with Gasteiger partial charge in [-0.05, 0) is 111 Å². The van der Waals surface area contributed by atoms with E-state index in [0.29, 0.717) is 60.4 Å². The van der Waals surface area contributed by atoms with E-state index in [-0.39, 0.29) is 42.5 Å². The Morgan fingerprint density at radius 1 is 1.00 bits per heavy atom. The van der Waals surface area contributed by atoms with E-state index < -0.39 is 31.6 Å². The van der Waals surface area contributed by atoms with Crippen LogP contribution in [0.25, 0.3) is 10.1 Å². The lowest BCUT2D eigenvalue weighted by molar-refractivity contribution is -0.151. The van der Waals surface area contributed by atoms with E-state index in [2.05, 4.69) is 20.3 Å². The highest BCUT2D eigenvalue weighted by atomic mass is 32.1. The molecule has 0 bridgehead atoms. The number of carbonyl (C=O) groups excluding carboxylic acids is 4. The summed E-state index contributed by atoms with van der Waals surface area (Å²) in [6, 6.07) is 16.1. The van der Waals surface area contributed by atoms with Crippen LogP contribution in [0.5, 0.6) is 5.75 Å². The van der Waals surface area contributed by atoms with Crippen molar-refractivity contribution in [3.8, 4) is 5.75 Å². The third-order valence-corrected chi connectivity index (χ3v) is 15.8. The molecular formula is C45H55N6O7PS. The van der Waals surface area contributed by atoms with Crippen molar-refractivity contribution in [2.45, 2.75) is 95.0 Å². The van der Waals surface area contributed by atoms with Gasteiger partial charge in [0.1, 0.15) is 23.9 Å². The molecule has 60 heavy (non-hydrogen) atoms. The van der Waals surface area contributed by atoms with Crippen LogP contribution in [0.2, 0.25) is 0 Å². The number of pyridine rings is 1. The fourth-order valence-corrected chi connectivity index (χ4v) is 12.4. The van der Waals surface area contributed by atoms with Crippen LogP contribution in [0, 0.1) is 11.8 Å². The van der Waals surface area contributed by atoms with Crippen LogP contribution in [0.4, 0.5) is 5.69 Å². The molecule has 1 unspecified atom stereocenters. The zero-order chi connectivity index (χ0) is 42.1. The second kappa shape index (κ2) is 17.7. The minimum atomic E-state index is -3.69. The Hall–Kier alpha value is -4.78. The fraction of sp³-hybridized carbons (Fsp3) is 0.489. The molecule has 0 radical (unpaired) electrons. The molecule has 3 saturated heterocycles. The number of anilines is 1. The summed E-state index contributed by atoms with van der Waals surface area (Å²) in [5, 5.41) is 6.84. The molecule has 13 nitrogen and oxygen atoms in total. The molecule has 3 amide bonds. The lowest BCUT2D eigenvalue weighted by atomic mass is 9.67. The maximum absolute atomic E-state index is 14.6. The van der Waals surface area contributed by atoms with Crippen molar-refractivity contribution in [2.75, 3.05) is 38.7 Å². The molecule has 1 saturated carbocycles. The number of ether oxygens (including phenoxy) is 1. The number of thiophene rings is 1. The van der Waals surface area contributed by atoms with Gasteiger partial charge in [-0.15, -0.1) is 11.3 Å². The largest absolute Gasteiger partial charge is 0.465 e. The molecule has 8 rings (SSSR count). The molecule has 2 aromatic heterocycles. The number of aromatic nitrogens is 1. The molecule has 4 aromatic rings. The summed E-state index contributed by atoms with van der Waals surface area (Å²) in [5.74, 6) is 0.422. The Balaban J connectivity index is 0.967. The topological polar surface area (TPSA) is 150 Å². The molecule has 7 atom stereocenters. The predicted molar refractivity (Wildman–Crippen MR) is 232 cm³/mol. The Morgan fingerprint density at radius 3 is 2.50 bits per heavy atom. The van der Waals surface area contributed by atoms with Gasteiger partial charge in [-0.2, -0.15) is 0 Å². The van der Waals surface area contributed by atoms with Crippen molar-refractivity contribution in [1.82, 2.24) is 25.2 Å². The average Bonchev–Trinajstić information content (AvgIpc) is 3.83. The van der Waals surface area contributed by atoms with Crippen LogP contribution in [-0.4, -0.2) is 96.4 Å². The molecule has 2 N–H and O–H groups in total. The summed E-state index contributed by atoms with van der Waals surface area (Å²) in [7, 11) is 0.325. The quantitative estimate of drug-likeness (QED) is 0.101. The summed E-state index contributed by atoms with van der Waals surface area (Å²) >= 11 is 1.33. The number of nitrogens with zero attached hydrogens (tertiary/aromatic N) is 4. The maximum Gasteiger partial charge on any atom is 0.323 e. The second-order valence-electron chi connectivity index (χ2n) is 17.1. The molecule has 4 fully saturated rings. The third kappa shape index (κ3) is 8.83. The standard InChI is InChI=1S/C45H55N6O7PS/c1-5-19-57-45(55)28(2)48-59(56,58-35-9-7-6-8-10-35)27-29-11-16-40-32(20-29)23-41(60-40)42(52)47-37-22-31-13-12-30(31)21-34-14-15-39(51(34)43(37)53)44(54)50-25-33(26-50)36-24-46-18-17-38(36)49(3)4/h6-11,16-18,20,23-24,28,30-31,33-34,37,39H,5,12-15,19,21-22,25-27H2,1-4H3,(H,47,52)(H,48,56)/t28-,30-,31+,34+,37-,39-,59?/m0/s1. The zero-order valence-electron chi connectivity index (χ0n) is 34.7. The van der Waals surface area contributed by atoms with Gasteiger partial charge in [0.15, 0.2) is 0 Å². The van der Waals surface area contributed by atoms with E-state index in [9.17, 15) is 23.7 Å². The number of rotatable bonds is 14. The molecule has 318 valence electrons. The number of amides is 3. The van der Waals surface area contributed by atoms with Crippen molar-refractivity contribution in [3.05, 3.63) is 89.1 Å². The minimum absolute atomic E-state index is 0.00619. The van der Waals surface area contributed by atoms with Gasteiger partial charge in [-0.25, -0.2) is 5.09 Å². The van der Waals surface area contributed by atoms with Gasteiger partial charge in [0, 0.05) is 67.5 Å². The van der Waals surface area contributed by atoms with Crippen LogP contribution >= 0.6 is 18.9 Å². The van der Waals surface area contributed by atoms with Gasteiger partial charge in [0.25, 0.3) is 5.91 Å². The zero-order valence-corrected chi connectivity index (χ0v) is 36.5. The van der Waals surface area contributed by atoms with Crippen molar-refractivity contribution in [3.63, 3.8) is 0 Å². The highest BCUT2D eigenvalue weighted by Gasteiger charge is 2.51. The van der Waals surface area contributed by atoms with Gasteiger partial charge >= 0.3 is 13.5 Å². The molecule has 0 spiro atoms. The highest BCUT2D eigenvalue weighted by Crippen LogP contribution is 2.48. The number of fused-ring (bicyclic) bond motifs is 3. The number of nitrogens with one attached hydrogen (secondary N) is 2. The summed E-state index contributed by atoms with van der Waals surface area (Å²) in [6.45, 7) is 4.95. The Kier molecular flexibility index (Phi) is 12.4. The lowest BCUT2D eigenvalue weighted by Gasteiger charge is -2.47. The molecule has 2 aromatic carbocycles. The third-order valence-electron chi connectivity index (χ3n) is 12.7. The highest BCUT2D eigenvalue weighted by molar-refractivity contribution is 7.56. The van der Waals surface area contributed by atoms with E-state index in [0.717, 1.165) is 47.0 Å². The van der Waals surface area contributed by atoms with Gasteiger partial charge in [-0.1, -0.05) is 31.2 Å². The summed E-state index contributed by atoms with van der Waals surface area (Å²) in [4.78, 5) is 66.0. The van der Waals surface area contributed by atoms with Crippen LogP contribution in [0.3, 0.4) is 0 Å². The SMILES string of the molecule is CCCOC(=O)[C@H](C)NP(=O)(Cc1ccc2sc(C(=O)N[C@H]3C[C@H]4CC[C@H]4C[C@H]4CC[C@@H](C(=O)N5CC(c6cnccc6N(C)C)C5)N4C3=O)cc2c1)Oc1ccccc1. The maximum atomic E-state index is 14.6. The number of esters is 1. The van der Waals surface area contributed by atoms with Crippen LogP contribution in [-0.2, 0) is 29.8 Å². The average molecular weight is 855 g/mol. The van der Waals surface area contributed by atoms with Gasteiger partial charge in [-0.3, -0.25) is 28.7 Å². The normalized spacial score (nSPS) is 24.1. The summed E-state index contributed by atoms with van der Waals surface area (Å²) < 4.78 is 26.6. The number of benzene rings is 2. The summed E-state index contributed by atoms with van der Waals surface area (Å²) in [6.07, 6.45) is 9.35. The van der Waals surface area contributed by atoms with E-state index in [4.69, 9.17) is 9.26 Å². The number of para-hydroxylation sites is 1. The van der Waals surface area contributed by atoms with Crippen LogP contribution in [0.1, 0.15) is 85.5 Å². The van der Waals surface area contributed by atoms with Crippen LogP contribution < -0.4 is 19.8 Å². The van der Waals surface area contributed by atoms with E-state index >= 15 is 0 Å². The van der Waals surface area contributed by atoms with E-state index in [1.54, 1.807) is 43.5 Å². The fourth-order valence-electron chi connectivity index (χ4n) is 9.39. The van der Waals surface area contributed by atoms with Gasteiger partial charge in [0.05, 0.1) is 17.6 Å². The van der Waals surface area contributed by atoms with Gasteiger partial charge < -0.3 is 29.3 Å². The minimum Gasteiger partial charge on any atom is -0.465 e. The molecule has 1 aliphatic carbocycles. The molecule has 4 aliphatic rings. The van der Waals surface area contributed by atoms with Crippen molar-refractivity contribution >= 4 is 58.3 Å². The first kappa shape index (κ1) is 41.9. The number of carbonyl (C=O) groups is 4. The Bertz CT molecular complexity index is 2280. The number of hydrogen-bond acceptors (Lipinski definition) is 10. The smallest absolute Gasteiger partial charge is 0.323 e. The number of likely N-dealkylation sites (tertiary alicyclic amines) is 1. The lowest BCUT2D eigenvalue weighted by Crippen LogP contribution is -2.61.